The summed E-state index contributed by atoms with van der Waals surface area (Å²) in [5.41, 5.74) is 0.748. The Morgan fingerprint density at radius 1 is 1.16 bits per heavy atom. The Bertz CT molecular complexity index is 1000. The minimum Gasteiger partial charge on any atom is -0.444 e. The summed E-state index contributed by atoms with van der Waals surface area (Å²) in [6.07, 6.45) is 8.23. The van der Waals surface area contributed by atoms with Crippen LogP contribution in [0, 0.1) is 16.7 Å². The number of halogens is 1. The van der Waals surface area contributed by atoms with E-state index in [1.54, 1.807) is 12.3 Å². The molecule has 2 saturated heterocycles. The van der Waals surface area contributed by atoms with Gasteiger partial charge in [0.05, 0.1) is 23.9 Å². The molecule has 8 heteroatoms. The Balaban J connectivity index is 1.13. The molecule has 32 heavy (non-hydrogen) atoms. The van der Waals surface area contributed by atoms with Crippen LogP contribution in [0.2, 0.25) is 0 Å². The Labute approximate surface area is 197 Å². The number of nitrogens with zero attached hydrogens (tertiary/aromatic N) is 3. The molecule has 3 aliphatic rings. The third kappa shape index (κ3) is 4.41. The molecule has 0 aromatic carbocycles. The fraction of sp³-hybridized carbons (Fsp3) is 0.667. The predicted molar refractivity (Wildman–Crippen MR) is 125 cm³/mol. The van der Waals surface area contributed by atoms with Crippen LogP contribution in [0.3, 0.4) is 0 Å². The molecule has 5 rings (SSSR count). The number of furan rings is 1. The van der Waals surface area contributed by atoms with Crippen molar-refractivity contribution in [3.05, 3.63) is 22.5 Å². The zero-order valence-electron chi connectivity index (χ0n) is 18.8. The zero-order chi connectivity index (χ0) is 22.3. The van der Waals surface area contributed by atoms with E-state index in [4.69, 9.17) is 19.2 Å². The Morgan fingerprint density at radius 2 is 1.84 bits per heavy atom. The number of ether oxygens (including phenoxy) is 2. The molecule has 2 aromatic rings. The van der Waals surface area contributed by atoms with E-state index in [2.05, 4.69) is 45.0 Å². The summed E-state index contributed by atoms with van der Waals surface area (Å²) in [4.78, 5) is 7.16. The number of piperidine rings is 1. The second-order valence-electron chi connectivity index (χ2n) is 10.3. The fourth-order valence-electron chi connectivity index (χ4n) is 5.17. The van der Waals surface area contributed by atoms with E-state index in [0.29, 0.717) is 23.4 Å². The molecule has 0 atom stereocenters. The van der Waals surface area contributed by atoms with Crippen LogP contribution in [-0.2, 0) is 9.47 Å². The molecule has 1 saturated carbocycles. The van der Waals surface area contributed by atoms with Crippen LogP contribution < -0.4 is 5.32 Å². The maximum Gasteiger partial charge on any atom is 0.204 e. The lowest BCUT2D eigenvalue weighted by atomic mass is 9.88. The summed E-state index contributed by atoms with van der Waals surface area (Å²) in [6, 6.07) is 4.84. The Kier molecular flexibility index (Phi) is 5.95. The predicted octanol–water partition coefficient (Wildman–Crippen LogP) is 5.05. The minimum absolute atomic E-state index is 0.123. The molecule has 2 aliphatic heterocycles. The van der Waals surface area contributed by atoms with Crippen molar-refractivity contribution < 1.29 is 13.9 Å². The molecule has 172 valence electrons. The quantitative estimate of drug-likeness (QED) is 0.628. The first-order valence-electron chi connectivity index (χ1n) is 11.6. The highest BCUT2D eigenvalue weighted by Crippen LogP contribution is 2.38. The fourth-order valence-corrected chi connectivity index (χ4v) is 5.70. The number of rotatable bonds is 3. The number of pyridine rings is 1. The molecule has 0 radical (unpaired) electrons. The highest BCUT2D eigenvalue weighted by molar-refractivity contribution is 9.10. The van der Waals surface area contributed by atoms with Crippen LogP contribution in [0.15, 0.2) is 21.2 Å². The van der Waals surface area contributed by atoms with Gasteiger partial charge >= 0.3 is 0 Å². The van der Waals surface area contributed by atoms with Gasteiger partial charge < -0.3 is 19.2 Å². The lowest BCUT2D eigenvalue weighted by molar-refractivity contribution is -0.314. The second kappa shape index (κ2) is 8.60. The summed E-state index contributed by atoms with van der Waals surface area (Å²) < 4.78 is 18.7. The number of hydrogen-bond acceptors (Lipinski definition) is 7. The molecule has 0 amide bonds. The maximum absolute atomic E-state index is 9.07. The van der Waals surface area contributed by atoms with E-state index in [1.165, 1.54) is 12.8 Å². The SMILES string of the molecule is CC1(C)COC2(CCN(C3CCC(Nc4ncc5oc(C#N)cc5c4Br)CC3)CC2)OC1. The van der Waals surface area contributed by atoms with E-state index in [1.807, 2.05) is 6.07 Å². The normalized spacial score (nSPS) is 27.9. The van der Waals surface area contributed by atoms with Crippen LogP contribution in [-0.4, -0.2) is 54.1 Å². The molecule has 1 aliphatic carbocycles. The average Bonchev–Trinajstić information content (AvgIpc) is 3.24. The van der Waals surface area contributed by atoms with Gasteiger partial charge in [0.2, 0.25) is 5.76 Å². The summed E-state index contributed by atoms with van der Waals surface area (Å²) in [5, 5.41) is 13.6. The largest absolute Gasteiger partial charge is 0.444 e. The van der Waals surface area contributed by atoms with Crippen molar-refractivity contribution in [2.75, 3.05) is 31.6 Å². The molecule has 1 spiro atoms. The van der Waals surface area contributed by atoms with E-state index < -0.39 is 0 Å². The van der Waals surface area contributed by atoms with Crippen molar-refractivity contribution >= 4 is 32.7 Å². The third-order valence-electron chi connectivity index (χ3n) is 7.19. The molecule has 4 heterocycles. The summed E-state index contributed by atoms with van der Waals surface area (Å²) >= 11 is 3.64. The Morgan fingerprint density at radius 3 is 2.50 bits per heavy atom. The van der Waals surface area contributed by atoms with Gasteiger partial charge in [-0.1, -0.05) is 13.8 Å². The molecule has 0 unspecified atom stereocenters. The lowest BCUT2D eigenvalue weighted by Crippen LogP contribution is -2.55. The van der Waals surface area contributed by atoms with Crippen LogP contribution in [0.4, 0.5) is 5.82 Å². The first kappa shape index (κ1) is 22.1. The molecule has 1 N–H and O–H groups in total. The van der Waals surface area contributed by atoms with Gasteiger partial charge in [0.1, 0.15) is 11.9 Å². The van der Waals surface area contributed by atoms with Gasteiger partial charge in [-0.3, -0.25) is 4.90 Å². The van der Waals surface area contributed by atoms with Gasteiger partial charge in [0.25, 0.3) is 0 Å². The summed E-state index contributed by atoms with van der Waals surface area (Å²) in [5.74, 6) is 0.775. The standard InChI is InChI=1S/C24H31BrN4O3/c1-23(2)14-30-24(31-15-23)7-9-29(10-8-24)17-5-3-16(4-6-17)28-22-21(25)19-11-18(12-26)32-20(19)13-27-22/h11,13,16-17H,3-10,14-15H2,1-2H3,(H,27,28). The van der Waals surface area contributed by atoms with Crippen molar-refractivity contribution in [1.29, 1.82) is 5.26 Å². The Hall–Kier alpha value is -1.66. The number of anilines is 1. The van der Waals surface area contributed by atoms with Crippen LogP contribution in [0.1, 0.15) is 58.1 Å². The first-order chi connectivity index (χ1) is 15.4. The van der Waals surface area contributed by atoms with Gasteiger partial charge in [0.15, 0.2) is 11.4 Å². The smallest absolute Gasteiger partial charge is 0.204 e. The van der Waals surface area contributed by atoms with Crippen LogP contribution >= 0.6 is 15.9 Å². The summed E-state index contributed by atoms with van der Waals surface area (Å²) in [6.45, 7) is 8.08. The van der Waals surface area contributed by atoms with Crippen LogP contribution in [0.5, 0.6) is 0 Å². The highest BCUT2D eigenvalue weighted by atomic mass is 79.9. The third-order valence-corrected chi connectivity index (χ3v) is 7.99. The highest BCUT2D eigenvalue weighted by Gasteiger charge is 2.44. The van der Waals surface area contributed by atoms with E-state index in [9.17, 15) is 0 Å². The zero-order valence-corrected chi connectivity index (χ0v) is 20.4. The number of likely N-dealkylation sites (tertiary alicyclic amines) is 1. The molecular weight excluding hydrogens is 472 g/mol. The second-order valence-corrected chi connectivity index (χ2v) is 11.1. The number of nitriles is 1. The number of aromatic nitrogens is 1. The van der Waals surface area contributed by atoms with Gasteiger partial charge in [-0.2, -0.15) is 5.26 Å². The molecular formula is C24H31BrN4O3. The molecule has 0 bridgehead atoms. The van der Waals surface area contributed by atoms with Gasteiger partial charge in [-0.15, -0.1) is 0 Å². The van der Waals surface area contributed by atoms with Crippen molar-refractivity contribution in [2.45, 2.75) is 70.2 Å². The minimum atomic E-state index is -0.347. The maximum atomic E-state index is 9.07. The monoisotopic (exact) mass is 502 g/mol. The van der Waals surface area contributed by atoms with Crippen LogP contribution in [0.25, 0.3) is 11.0 Å². The molecule has 3 fully saturated rings. The number of fused-ring (bicyclic) bond motifs is 1. The number of hydrogen-bond donors (Lipinski definition) is 1. The van der Waals surface area contributed by atoms with E-state index in [0.717, 1.165) is 67.7 Å². The summed E-state index contributed by atoms with van der Waals surface area (Å²) in [7, 11) is 0. The van der Waals surface area contributed by atoms with Gasteiger partial charge in [-0.25, -0.2) is 4.98 Å². The van der Waals surface area contributed by atoms with E-state index in [-0.39, 0.29) is 11.2 Å². The molecule has 2 aromatic heterocycles. The van der Waals surface area contributed by atoms with Crippen molar-refractivity contribution in [1.82, 2.24) is 9.88 Å². The topological polar surface area (TPSA) is 83.5 Å². The van der Waals surface area contributed by atoms with Crippen molar-refractivity contribution in [3.8, 4) is 6.07 Å². The average molecular weight is 503 g/mol. The number of nitrogens with one attached hydrogen (secondary N) is 1. The first-order valence-corrected chi connectivity index (χ1v) is 12.4. The van der Waals surface area contributed by atoms with Crippen molar-refractivity contribution in [2.24, 2.45) is 5.41 Å². The van der Waals surface area contributed by atoms with Crippen molar-refractivity contribution in [3.63, 3.8) is 0 Å². The van der Waals surface area contributed by atoms with Gasteiger partial charge in [-0.05, 0) is 41.6 Å². The molecule has 7 nitrogen and oxygen atoms in total. The lowest BCUT2D eigenvalue weighted by Gasteiger charge is -2.49. The van der Waals surface area contributed by atoms with Gasteiger partial charge in [0, 0.05) is 54.9 Å². The van der Waals surface area contributed by atoms with E-state index >= 15 is 0 Å².